The molecule has 1 heterocycles. The van der Waals surface area contributed by atoms with E-state index >= 15 is 0 Å². The van der Waals surface area contributed by atoms with Crippen LogP contribution in [0.4, 0.5) is 13.2 Å². The first-order valence-electron chi connectivity index (χ1n) is 3.90. The van der Waals surface area contributed by atoms with E-state index < -0.39 is 18.0 Å². The van der Waals surface area contributed by atoms with Gasteiger partial charge in [-0.3, -0.25) is 0 Å². The van der Waals surface area contributed by atoms with E-state index in [2.05, 4.69) is 0 Å². The fourth-order valence-electron chi connectivity index (χ4n) is 1.59. The molecule has 2 nitrogen and oxygen atoms in total. The molecule has 0 N–H and O–H groups in total. The van der Waals surface area contributed by atoms with E-state index in [1.165, 1.54) is 6.92 Å². The lowest BCUT2D eigenvalue weighted by atomic mass is 9.87. The van der Waals surface area contributed by atoms with Gasteiger partial charge in [-0.1, -0.05) is 6.92 Å². The topological polar surface area (TPSA) is 26.3 Å². The van der Waals surface area contributed by atoms with Gasteiger partial charge in [0.15, 0.2) is 0 Å². The number of nitrogens with zero attached hydrogens (tertiary/aromatic N) is 1. The minimum atomic E-state index is -4.14. The van der Waals surface area contributed by atoms with Gasteiger partial charge in [-0.2, -0.15) is 13.2 Å². The van der Waals surface area contributed by atoms with Gasteiger partial charge in [-0.15, -0.1) is 0 Å². The summed E-state index contributed by atoms with van der Waals surface area (Å²) >= 11 is 0. The molecule has 5 heteroatoms. The van der Waals surface area contributed by atoms with Crippen LogP contribution in [-0.4, -0.2) is 24.3 Å². The van der Waals surface area contributed by atoms with Gasteiger partial charge in [0.25, 0.3) is 0 Å². The Morgan fingerprint density at radius 1 is 1.42 bits per heavy atom. The first-order chi connectivity index (χ1) is 5.41. The SMILES string of the molecule is CC1CN([O-])CCC1C(F)(F)F. The average Bonchev–Trinajstić information content (AvgIpc) is 1.83. The Kier molecular flexibility index (Phi) is 2.63. The number of piperidine rings is 1. The lowest BCUT2D eigenvalue weighted by molar-refractivity contribution is -0.196. The van der Waals surface area contributed by atoms with Gasteiger partial charge < -0.3 is 10.3 Å². The van der Waals surface area contributed by atoms with Gasteiger partial charge in [0, 0.05) is 0 Å². The van der Waals surface area contributed by atoms with Crippen molar-refractivity contribution in [2.75, 3.05) is 13.1 Å². The van der Waals surface area contributed by atoms with Crippen molar-refractivity contribution in [3.63, 3.8) is 0 Å². The van der Waals surface area contributed by atoms with Crippen LogP contribution < -0.4 is 0 Å². The predicted molar refractivity (Wildman–Crippen MR) is 38.3 cm³/mol. The predicted octanol–water partition coefficient (Wildman–Crippen LogP) is 2.00. The maximum absolute atomic E-state index is 12.2. The van der Waals surface area contributed by atoms with Gasteiger partial charge in [-0.05, 0) is 25.4 Å². The Balaban J connectivity index is 2.57. The molecule has 0 radical (unpaired) electrons. The second-order valence-corrected chi connectivity index (χ2v) is 3.30. The summed E-state index contributed by atoms with van der Waals surface area (Å²) in [7, 11) is 0. The van der Waals surface area contributed by atoms with Crippen molar-refractivity contribution >= 4 is 0 Å². The summed E-state index contributed by atoms with van der Waals surface area (Å²) < 4.78 is 36.6. The number of rotatable bonds is 0. The van der Waals surface area contributed by atoms with Crippen LogP contribution >= 0.6 is 0 Å². The Bertz CT molecular complexity index is 159. The minimum Gasteiger partial charge on any atom is -0.785 e. The molecule has 0 aromatic rings. The monoisotopic (exact) mass is 182 g/mol. The molecule has 0 amide bonds. The molecule has 1 aliphatic rings. The minimum absolute atomic E-state index is 0.00414. The van der Waals surface area contributed by atoms with Crippen LogP contribution in [0.25, 0.3) is 0 Å². The van der Waals surface area contributed by atoms with E-state index in [0.29, 0.717) is 5.06 Å². The molecule has 2 unspecified atom stereocenters. The average molecular weight is 182 g/mol. The third-order valence-electron chi connectivity index (χ3n) is 2.29. The van der Waals surface area contributed by atoms with Crippen LogP contribution in [0.2, 0.25) is 0 Å². The van der Waals surface area contributed by atoms with E-state index in [1.807, 2.05) is 0 Å². The van der Waals surface area contributed by atoms with Gasteiger partial charge in [0.1, 0.15) is 0 Å². The lowest BCUT2D eigenvalue weighted by Crippen LogP contribution is -2.42. The maximum Gasteiger partial charge on any atom is 0.392 e. The number of hydrogen-bond donors (Lipinski definition) is 0. The molecule has 1 aliphatic heterocycles. The highest BCUT2D eigenvalue weighted by Gasteiger charge is 2.43. The third-order valence-corrected chi connectivity index (χ3v) is 2.29. The van der Waals surface area contributed by atoms with Crippen molar-refractivity contribution < 1.29 is 13.2 Å². The summed E-state index contributed by atoms with van der Waals surface area (Å²) in [4.78, 5) is 0. The summed E-state index contributed by atoms with van der Waals surface area (Å²) in [5.41, 5.74) is 0. The second kappa shape index (κ2) is 3.22. The fourth-order valence-corrected chi connectivity index (χ4v) is 1.59. The Morgan fingerprint density at radius 3 is 2.42 bits per heavy atom. The summed E-state index contributed by atoms with van der Waals surface area (Å²) in [6.07, 6.45) is -4.20. The molecule has 72 valence electrons. The summed E-state index contributed by atoms with van der Waals surface area (Å²) in [6, 6.07) is 0. The third kappa shape index (κ3) is 2.10. The van der Waals surface area contributed by atoms with E-state index in [9.17, 15) is 18.4 Å². The number of halogens is 3. The molecular formula is C7H11F3NO-. The molecule has 2 atom stereocenters. The molecule has 0 bridgehead atoms. The first-order valence-corrected chi connectivity index (χ1v) is 3.90. The largest absolute Gasteiger partial charge is 0.785 e. The number of hydroxylamine groups is 2. The van der Waals surface area contributed by atoms with Crippen molar-refractivity contribution in [2.45, 2.75) is 19.5 Å². The number of alkyl halides is 3. The van der Waals surface area contributed by atoms with Gasteiger partial charge in [-0.25, -0.2) is 0 Å². The van der Waals surface area contributed by atoms with Crippen molar-refractivity contribution in [3.05, 3.63) is 5.21 Å². The van der Waals surface area contributed by atoms with Crippen LogP contribution in [0, 0.1) is 17.0 Å². The van der Waals surface area contributed by atoms with Gasteiger partial charge in [0.05, 0.1) is 5.92 Å². The Hall–Kier alpha value is -0.290. The summed E-state index contributed by atoms with van der Waals surface area (Å²) in [5.74, 6) is -1.86. The summed E-state index contributed by atoms with van der Waals surface area (Å²) in [6.45, 7) is 1.49. The molecule has 12 heavy (non-hydrogen) atoms. The Labute approximate surface area is 68.9 Å². The molecule has 1 fully saturated rings. The second-order valence-electron chi connectivity index (χ2n) is 3.30. The van der Waals surface area contributed by atoms with Crippen LogP contribution in [0.3, 0.4) is 0 Å². The van der Waals surface area contributed by atoms with Crippen molar-refractivity contribution in [2.24, 2.45) is 11.8 Å². The molecule has 0 aromatic heterocycles. The molecule has 1 saturated heterocycles. The van der Waals surface area contributed by atoms with Crippen molar-refractivity contribution in [1.82, 2.24) is 5.06 Å². The van der Waals surface area contributed by atoms with Gasteiger partial charge in [0.2, 0.25) is 0 Å². The normalized spacial score (nSPS) is 33.8. The highest BCUT2D eigenvalue weighted by Crippen LogP contribution is 2.37. The van der Waals surface area contributed by atoms with Crippen LogP contribution in [0.1, 0.15) is 13.3 Å². The van der Waals surface area contributed by atoms with Crippen LogP contribution in [0.5, 0.6) is 0 Å². The van der Waals surface area contributed by atoms with Crippen LogP contribution in [-0.2, 0) is 0 Å². The smallest absolute Gasteiger partial charge is 0.392 e. The zero-order valence-electron chi connectivity index (χ0n) is 6.77. The lowest BCUT2D eigenvalue weighted by Gasteiger charge is -2.41. The first kappa shape index (κ1) is 9.80. The number of hydrogen-bond acceptors (Lipinski definition) is 2. The zero-order valence-corrected chi connectivity index (χ0v) is 6.77. The molecule has 1 rings (SSSR count). The van der Waals surface area contributed by atoms with Crippen molar-refractivity contribution in [3.8, 4) is 0 Å². The highest BCUT2D eigenvalue weighted by atomic mass is 19.4. The van der Waals surface area contributed by atoms with E-state index in [4.69, 9.17) is 0 Å². The highest BCUT2D eigenvalue weighted by molar-refractivity contribution is 4.82. The molecule has 0 saturated carbocycles. The maximum atomic E-state index is 12.2. The fraction of sp³-hybridized carbons (Fsp3) is 1.00. The molecule has 0 aromatic carbocycles. The van der Waals surface area contributed by atoms with Crippen LogP contribution in [0.15, 0.2) is 0 Å². The molecule has 0 aliphatic carbocycles. The quantitative estimate of drug-likeness (QED) is 0.572. The molecule has 0 spiro atoms. The van der Waals surface area contributed by atoms with E-state index in [1.54, 1.807) is 0 Å². The summed E-state index contributed by atoms with van der Waals surface area (Å²) in [5, 5.41) is 11.4. The van der Waals surface area contributed by atoms with E-state index in [-0.39, 0.29) is 19.5 Å². The molecular weight excluding hydrogens is 171 g/mol. The van der Waals surface area contributed by atoms with Crippen molar-refractivity contribution in [1.29, 1.82) is 0 Å². The van der Waals surface area contributed by atoms with E-state index in [0.717, 1.165) is 0 Å². The zero-order chi connectivity index (χ0) is 9.35. The van der Waals surface area contributed by atoms with Gasteiger partial charge >= 0.3 is 6.18 Å². The standard InChI is InChI=1S/C7H11F3NO/c1-5-4-11(12)3-2-6(5)7(8,9)10/h5-6H,2-4H2,1H3/q-1. The Morgan fingerprint density at radius 2 is 2.00 bits per heavy atom.